The molecule has 1 fully saturated rings. The molecule has 0 radical (unpaired) electrons. The van der Waals surface area contributed by atoms with Crippen molar-refractivity contribution in [2.45, 2.75) is 83.5 Å². The average Bonchev–Trinajstić information content (AvgIpc) is 2.66. The number of aryl methyl sites for hydroxylation is 1. The molecule has 0 bridgehead atoms. The largest absolute Gasteiger partial charge is 0.393 e. The van der Waals surface area contributed by atoms with E-state index in [2.05, 4.69) is 25.6 Å². The van der Waals surface area contributed by atoms with E-state index < -0.39 is 17.8 Å². The Morgan fingerprint density at radius 3 is 2.66 bits per heavy atom. The fourth-order valence-electron chi connectivity index (χ4n) is 4.00. The van der Waals surface area contributed by atoms with Crippen LogP contribution in [0.4, 0.5) is 0 Å². The molecule has 2 rings (SSSR count). The summed E-state index contributed by atoms with van der Waals surface area (Å²) >= 11 is 0. The Hall–Kier alpha value is -1.68. The van der Waals surface area contributed by atoms with Crippen LogP contribution in [0.3, 0.4) is 0 Å². The van der Waals surface area contributed by atoms with Crippen LogP contribution in [0.2, 0.25) is 0 Å². The number of aliphatic hydroxyl groups excluding tert-OH is 2. The molecule has 1 unspecified atom stereocenters. The molecular weight excluding hydrogens is 360 g/mol. The molecule has 1 aromatic carbocycles. The fourth-order valence-corrected chi connectivity index (χ4v) is 4.00. The summed E-state index contributed by atoms with van der Waals surface area (Å²) in [4.78, 5) is 0. The summed E-state index contributed by atoms with van der Waals surface area (Å²) in [6.45, 7) is 9.93. The molecule has 0 aliphatic heterocycles. The van der Waals surface area contributed by atoms with Crippen molar-refractivity contribution in [3.05, 3.63) is 71.3 Å². The Kier molecular flexibility index (Phi) is 8.88. The maximum atomic E-state index is 10.4. The highest BCUT2D eigenvalue weighted by molar-refractivity contribution is 5.37. The highest BCUT2D eigenvalue weighted by atomic mass is 16.3. The van der Waals surface area contributed by atoms with Gasteiger partial charge < -0.3 is 15.3 Å². The summed E-state index contributed by atoms with van der Waals surface area (Å²) in [6, 6.07) is 8.20. The molecule has 3 N–H and O–H groups in total. The van der Waals surface area contributed by atoms with Crippen molar-refractivity contribution < 1.29 is 15.3 Å². The normalized spacial score (nSPS) is 23.1. The van der Waals surface area contributed by atoms with Gasteiger partial charge in [-0.15, -0.1) is 0 Å². The number of hydrogen-bond acceptors (Lipinski definition) is 3. The summed E-state index contributed by atoms with van der Waals surface area (Å²) in [6.07, 6.45) is 11.5. The predicted molar refractivity (Wildman–Crippen MR) is 121 cm³/mol. The van der Waals surface area contributed by atoms with Crippen LogP contribution in [0.5, 0.6) is 0 Å². The van der Waals surface area contributed by atoms with E-state index in [-0.39, 0.29) is 0 Å². The van der Waals surface area contributed by atoms with Crippen molar-refractivity contribution in [2.24, 2.45) is 5.92 Å². The van der Waals surface area contributed by atoms with Gasteiger partial charge in [-0.1, -0.05) is 62.4 Å². The molecule has 3 heteroatoms. The lowest BCUT2D eigenvalue weighted by Crippen LogP contribution is -2.26. The van der Waals surface area contributed by atoms with E-state index in [0.29, 0.717) is 18.8 Å². The Bertz CT molecular complexity index is 724. The average molecular weight is 399 g/mol. The van der Waals surface area contributed by atoms with Gasteiger partial charge in [0.25, 0.3) is 0 Å². The lowest BCUT2D eigenvalue weighted by atomic mass is 9.86. The molecule has 160 valence electrons. The summed E-state index contributed by atoms with van der Waals surface area (Å²) in [5.74, 6) is 0.639. The van der Waals surface area contributed by atoms with E-state index in [4.69, 9.17) is 0 Å². The van der Waals surface area contributed by atoms with Crippen molar-refractivity contribution in [3.8, 4) is 0 Å². The van der Waals surface area contributed by atoms with Crippen molar-refractivity contribution in [1.82, 2.24) is 0 Å². The van der Waals surface area contributed by atoms with Crippen molar-refractivity contribution in [2.75, 3.05) is 0 Å². The number of allylic oxidation sites excluding steroid dienone is 3. The van der Waals surface area contributed by atoms with Crippen LogP contribution in [0, 0.1) is 5.92 Å². The van der Waals surface area contributed by atoms with Crippen molar-refractivity contribution >= 4 is 0 Å². The minimum atomic E-state index is -0.797. The van der Waals surface area contributed by atoms with Crippen LogP contribution in [0.25, 0.3) is 0 Å². The van der Waals surface area contributed by atoms with Crippen LogP contribution < -0.4 is 0 Å². The fraction of sp³-hybridized carbons (Fsp3) is 0.538. The van der Waals surface area contributed by atoms with Crippen molar-refractivity contribution in [3.63, 3.8) is 0 Å². The molecule has 1 aliphatic carbocycles. The molecule has 1 saturated carbocycles. The summed E-state index contributed by atoms with van der Waals surface area (Å²) < 4.78 is 0. The summed E-state index contributed by atoms with van der Waals surface area (Å²) in [5.41, 5.74) is 3.17. The predicted octanol–water partition coefficient (Wildman–Crippen LogP) is 5.21. The zero-order chi connectivity index (χ0) is 21.4. The second kappa shape index (κ2) is 10.9. The third-order valence-electron chi connectivity index (χ3n) is 5.85. The maximum absolute atomic E-state index is 10.4. The summed E-state index contributed by atoms with van der Waals surface area (Å²) in [5, 5.41) is 30.0. The van der Waals surface area contributed by atoms with Crippen LogP contribution in [0.15, 0.2) is 60.2 Å². The van der Waals surface area contributed by atoms with Crippen LogP contribution in [-0.2, 0) is 12.0 Å². The number of aliphatic hydroxyl groups is 3. The minimum absolute atomic E-state index is 0.387. The molecule has 0 saturated heterocycles. The third-order valence-corrected chi connectivity index (χ3v) is 5.85. The highest BCUT2D eigenvalue weighted by Crippen LogP contribution is 2.28. The van der Waals surface area contributed by atoms with Crippen molar-refractivity contribution in [1.29, 1.82) is 0 Å². The van der Waals surface area contributed by atoms with Gasteiger partial charge in [0.05, 0.1) is 17.8 Å². The Morgan fingerprint density at radius 2 is 1.93 bits per heavy atom. The van der Waals surface area contributed by atoms with Gasteiger partial charge >= 0.3 is 0 Å². The van der Waals surface area contributed by atoms with E-state index in [1.54, 1.807) is 0 Å². The lowest BCUT2D eigenvalue weighted by Gasteiger charge is -2.26. The molecule has 0 heterocycles. The molecule has 0 aromatic heterocycles. The Labute approximate surface area is 176 Å². The molecule has 0 spiro atoms. The van der Waals surface area contributed by atoms with Crippen LogP contribution in [-0.4, -0.2) is 27.5 Å². The van der Waals surface area contributed by atoms with E-state index in [9.17, 15) is 15.3 Å². The number of unbranched alkanes of at least 4 members (excludes halogenated alkanes) is 1. The number of benzene rings is 1. The SMILES string of the molecule is C=C1C(=CC=CCCCC(C)CCc2ccccc2C(C)(C)O)C[C@@H](O)C[C@@H]1O. The van der Waals surface area contributed by atoms with Crippen LogP contribution >= 0.6 is 0 Å². The van der Waals surface area contributed by atoms with Gasteiger partial charge in [0, 0.05) is 6.42 Å². The smallest absolute Gasteiger partial charge is 0.0843 e. The molecule has 1 aromatic rings. The quantitative estimate of drug-likeness (QED) is 0.501. The summed E-state index contributed by atoms with van der Waals surface area (Å²) in [7, 11) is 0. The van der Waals surface area contributed by atoms with E-state index in [1.807, 2.05) is 44.2 Å². The second-order valence-electron chi connectivity index (χ2n) is 9.05. The lowest BCUT2D eigenvalue weighted by molar-refractivity contribution is 0.0775. The first-order valence-corrected chi connectivity index (χ1v) is 10.9. The molecular formula is C26H38O3. The Balaban J connectivity index is 1.73. The van der Waals surface area contributed by atoms with Gasteiger partial charge in [-0.05, 0) is 74.1 Å². The highest BCUT2D eigenvalue weighted by Gasteiger charge is 2.24. The molecule has 3 atom stereocenters. The van der Waals surface area contributed by atoms with E-state index in [0.717, 1.165) is 42.4 Å². The Morgan fingerprint density at radius 1 is 1.21 bits per heavy atom. The molecule has 29 heavy (non-hydrogen) atoms. The van der Waals surface area contributed by atoms with Crippen LogP contribution in [0.1, 0.15) is 70.4 Å². The first-order valence-electron chi connectivity index (χ1n) is 10.9. The minimum Gasteiger partial charge on any atom is -0.393 e. The molecule has 0 amide bonds. The van der Waals surface area contributed by atoms with Gasteiger partial charge in [-0.2, -0.15) is 0 Å². The zero-order valence-electron chi connectivity index (χ0n) is 18.3. The van der Waals surface area contributed by atoms with Gasteiger partial charge in [-0.3, -0.25) is 0 Å². The maximum Gasteiger partial charge on any atom is 0.0843 e. The zero-order valence-corrected chi connectivity index (χ0v) is 18.3. The van der Waals surface area contributed by atoms with Gasteiger partial charge in [0.15, 0.2) is 0 Å². The standard InChI is InChI=1S/C26H38O3/c1-19(15-16-21-12-9-10-14-24(21)26(3,4)29)11-7-5-6-8-13-22-17-23(27)18-25(28)20(22)2/h6,8-10,12-14,19,23,25,27-29H,2,5,7,11,15-18H2,1,3-4H3/t19?,23-,25+/m1/s1. The van der Waals surface area contributed by atoms with Gasteiger partial charge in [-0.25, -0.2) is 0 Å². The second-order valence-corrected chi connectivity index (χ2v) is 9.05. The molecule has 3 nitrogen and oxygen atoms in total. The third kappa shape index (κ3) is 7.58. The van der Waals surface area contributed by atoms with E-state index in [1.165, 1.54) is 12.0 Å². The van der Waals surface area contributed by atoms with Gasteiger partial charge in [0.2, 0.25) is 0 Å². The number of hydrogen-bond donors (Lipinski definition) is 3. The molecule has 1 aliphatic rings. The van der Waals surface area contributed by atoms with Gasteiger partial charge in [0.1, 0.15) is 0 Å². The van der Waals surface area contributed by atoms with E-state index >= 15 is 0 Å². The topological polar surface area (TPSA) is 60.7 Å². The first kappa shape index (κ1) is 23.6. The number of rotatable bonds is 9. The first-order chi connectivity index (χ1) is 13.7. The monoisotopic (exact) mass is 398 g/mol.